The summed E-state index contributed by atoms with van der Waals surface area (Å²) in [7, 11) is -3.20. The molecule has 9 heteroatoms. The molecule has 3 aromatic rings. The van der Waals surface area contributed by atoms with E-state index in [1.54, 1.807) is 42.5 Å². The van der Waals surface area contributed by atoms with Crippen molar-refractivity contribution in [3.63, 3.8) is 0 Å². The number of sulfonamides is 1. The molecule has 0 bridgehead atoms. The minimum absolute atomic E-state index is 0.183. The van der Waals surface area contributed by atoms with E-state index < -0.39 is 10.0 Å². The summed E-state index contributed by atoms with van der Waals surface area (Å²) in [5.41, 5.74) is 2.65. The van der Waals surface area contributed by atoms with E-state index in [1.807, 2.05) is 32.9 Å². The van der Waals surface area contributed by atoms with E-state index in [1.165, 1.54) is 10.4 Å². The maximum absolute atomic E-state index is 12.3. The molecular weight excluding hydrogens is 440 g/mol. The Morgan fingerprint density at radius 1 is 1.09 bits per heavy atom. The van der Waals surface area contributed by atoms with Crippen LogP contribution in [0.1, 0.15) is 38.6 Å². The summed E-state index contributed by atoms with van der Waals surface area (Å²) in [4.78, 5) is 16.7. The second-order valence-corrected chi connectivity index (χ2v) is 10.9. The van der Waals surface area contributed by atoms with Gasteiger partial charge in [0, 0.05) is 29.3 Å². The maximum Gasteiger partial charge on any atom is 0.248 e. The molecule has 1 aromatic heterocycles. The number of aromatic nitrogens is 2. The summed E-state index contributed by atoms with van der Waals surface area (Å²) in [6.07, 6.45) is 3.75. The highest BCUT2D eigenvalue weighted by atomic mass is 32.2. The molecule has 1 fully saturated rings. The Kier molecular flexibility index (Phi) is 6.07. The van der Waals surface area contributed by atoms with Crippen LogP contribution >= 0.6 is 0 Å². The van der Waals surface area contributed by atoms with Crippen molar-refractivity contribution in [1.82, 2.24) is 10.1 Å². The van der Waals surface area contributed by atoms with Crippen LogP contribution in [0.3, 0.4) is 0 Å². The zero-order valence-electron chi connectivity index (χ0n) is 18.8. The summed E-state index contributed by atoms with van der Waals surface area (Å²) in [5.74, 6) is 0.976. The molecule has 0 unspecified atom stereocenters. The average molecular weight is 467 g/mol. The standard InChI is InChI=1S/C24H26N4O4S/c1-24(2,3)23-26-22(27-32-23)18-8-10-19(11-9-18)25-21(29)14-7-17-5-12-20(13-6-17)28-15-4-16-33(28,30)31/h5-14H,4,15-16H2,1-3H3,(H,25,29)/b14-7+. The molecule has 0 saturated carbocycles. The summed E-state index contributed by atoms with van der Waals surface area (Å²) >= 11 is 0. The molecule has 172 valence electrons. The van der Waals surface area contributed by atoms with Crippen LogP contribution in [0, 0.1) is 0 Å². The summed E-state index contributed by atoms with van der Waals surface area (Å²) in [6.45, 7) is 6.51. The third-order valence-electron chi connectivity index (χ3n) is 5.19. The van der Waals surface area contributed by atoms with Crippen molar-refractivity contribution < 1.29 is 17.7 Å². The lowest BCUT2D eigenvalue weighted by atomic mass is 9.97. The van der Waals surface area contributed by atoms with Gasteiger partial charge in [0.15, 0.2) is 0 Å². The van der Waals surface area contributed by atoms with Gasteiger partial charge in [-0.2, -0.15) is 4.98 Å². The average Bonchev–Trinajstić information content (AvgIpc) is 3.40. The van der Waals surface area contributed by atoms with Crippen LogP contribution in [0.2, 0.25) is 0 Å². The number of carbonyl (C=O) groups excluding carboxylic acids is 1. The van der Waals surface area contributed by atoms with Gasteiger partial charge in [-0.15, -0.1) is 0 Å². The molecule has 1 N–H and O–H groups in total. The molecular formula is C24H26N4O4S. The van der Waals surface area contributed by atoms with Crippen LogP contribution in [0.25, 0.3) is 17.5 Å². The molecule has 2 heterocycles. The van der Waals surface area contributed by atoms with Crippen LogP contribution in [0.4, 0.5) is 11.4 Å². The number of amides is 1. The normalized spacial score (nSPS) is 15.8. The van der Waals surface area contributed by atoms with E-state index in [2.05, 4.69) is 15.5 Å². The third kappa shape index (κ3) is 5.31. The molecule has 2 aromatic carbocycles. The van der Waals surface area contributed by atoms with Gasteiger partial charge in [0.05, 0.1) is 11.4 Å². The molecule has 8 nitrogen and oxygen atoms in total. The fourth-order valence-electron chi connectivity index (χ4n) is 3.39. The van der Waals surface area contributed by atoms with Crippen LogP contribution in [0.5, 0.6) is 0 Å². The quantitative estimate of drug-likeness (QED) is 0.564. The number of hydrogen-bond donors (Lipinski definition) is 1. The van der Waals surface area contributed by atoms with Gasteiger partial charge < -0.3 is 9.84 Å². The zero-order chi connectivity index (χ0) is 23.6. The fraction of sp³-hybridized carbons (Fsp3) is 0.292. The van der Waals surface area contributed by atoms with Gasteiger partial charge in [-0.1, -0.05) is 38.1 Å². The number of nitrogens with one attached hydrogen (secondary N) is 1. The van der Waals surface area contributed by atoms with Crippen molar-refractivity contribution in [2.75, 3.05) is 21.9 Å². The highest BCUT2D eigenvalue weighted by molar-refractivity contribution is 7.93. The van der Waals surface area contributed by atoms with Gasteiger partial charge in [-0.05, 0) is 54.5 Å². The van der Waals surface area contributed by atoms with E-state index in [-0.39, 0.29) is 17.1 Å². The number of anilines is 2. The maximum atomic E-state index is 12.3. The Balaban J connectivity index is 1.36. The predicted molar refractivity (Wildman–Crippen MR) is 128 cm³/mol. The first kappa shape index (κ1) is 22.7. The zero-order valence-corrected chi connectivity index (χ0v) is 19.6. The lowest BCUT2D eigenvalue weighted by molar-refractivity contribution is -0.111. The minimum Gasteiger partial charge on any atom is -0.338 e. The van der Waals surface area contributed by atoms with Gasteiger partial charge >= 0.3 is 0 Å². The van der Waals surface area contributed by atoms with Gasteiger partial charge in [-0.3, -0.25) is 9.10 Å². The second-order valence-electron chi connectivity index (χ2n) is 8.91. The summed E-state index contributed by atoms with van der Waals surface area (Å²) in [5, 5.41) is 6.83. The number of carbonyl (C=O) groups is 1. The van der Waals surface area contributed by atoms with Crippen molar-refractivity contribution in [1.29, 1.82) is 0 Å². The number of nitrogens with zero attached hydrogens (tertiary/aromatic N) is 3. The van der Waals surface area contributed by atoms with Gasteiger partial charge in [-0.25, -0.2) is 8.42 Å². The predicted octanol–water partition coefficient (Wildman–Crippen LogP) is 4.23. The molecule has 0 radical (unpaired) electrons. The van der Waals surface area contributed by atoms with Crippen molar-refractivity contribution in [2.45, 2.75) is 32.6 Å². The van der Waals surface area contributed by atoms with Crippen LogP contribution in [-0.4, -0.2) is 36.8 Å². The Labute approximate surface area is 193 Å². The number of benzene rings is 2. The van der Waals surface area contributed by atoms with Gasteiger partial charge in [0.1, 0.15) is 0 Å². The first-order valence-corrected chi connectivity index (χ1v) is 12.3. The van der Waals surface area contributed by atoms with Crippen molar-refractivity contribution in [3.8, 4) is 11.4 Å². The molecule has 0 aliphatic carbocycles. The summed E-state index contributed by atoms with van der Waals surface area (Å²) < 4.78 is 30.8. The van der Waals surface area contributed by atoms with E-state index in [9.17, 15) is 13.2 Å². The Morgan fingerprint density at radius 3 is 2.36 bits per heavy atom. The molecule has 1 aliphatic rings. The SMILES string of the molecule is CC(C)(C)c1nc(-c2ccc(NC(=O)/C=C/c3ccc(N4CCCS4(=O)=O)cc3)cc2)no1. The molecule has 1 saturated heterocycles. The number of hydrogen-bond acceptors (Lipinski definition) is 6. The van der Waals surface area contributed by atoms with E-state index in [4.69, 9.17) is 4.52 Å². The molecule has 1 aliphatic heterocycles. The van der Waals surface area contributed by atoms with Crippen molar-refractivity contribution >= 4 is 33.4 Å². The molecule has 1 amide bonds. The molecule has 4 rings (SSSR count). The van der Waals surface area contributed by atoms with Crippen LogP contribution in [0.15, 0.2) is 59.1 Å². The van der Waals surface area contributed by atoms with Crippen LogP contribution in [-0.2, 0) is 20.2 Å². The highest BCUT2D eigenvalue weighted by Crippen LogP contribution is 2.25. The van der Waals surface area contributed by atoms with Crippen molar-refractivity contribution in [2.24, 2.45) is 0 Å². The van der Waals surface area contributed by atoms with Gasteiger partial charge in [0.25, 0.3) is 0 Å². The van der Waals surface area contributed by atoms with Crippen LogP contribution < -0.4 is 9.62 Å². The molecule has 0 spiro atoms. The first-order chi connectivity index (χ1) is 15.6. The summed E-state index contributed by atoms with van der Waals surface area (Å²) in [6, 6.07) is 14.3. The smallest absolute Gasteiger partial charge is 0.248 e. The third-order valence-corrected chi connectivity index (χ3v) is 7.06. The largest absolute Gasteiger partial charge is 0.338 e. The van der Waals surface area contributed by atoms with E-state index >= 15 is 0 Å². The van der Waals surface area contributed by atoms with Crippen molar-refractivity contribution in [3.05, 3.63) is 66.1 Å². The second kappa shape index (κ2) is 8.82. The Bertz CT molecular complexity index is 1270. The fourth-order valence-corrected chi connectivity index (χ4v) is 4.95. The van der Waals surface area contributed by atoms with E-state index in [0.717, 1.165) is 11.1 Å². The lowest BCUT2D eigenvalue weighted by Gasteiger charge is -2.16. The van der Waals surface area contributed by atoms with Gasteiger partial charge in [0.2, 0.25) is 27.6 Å². The lowest BCUT2D eigenvalue weighted by Crippen LogP contribution is -2.24. The monoisotopic (exact) mass is 466 g/mol. The van der Waals surface area contributed by atoms with E-state index in [0.29, 0.717) is 36.1 Å². The Morgan fingerprint density at radius 2 is 1.79 bits per heavy atom. The minimum atomic E-state index is -3.20. The highest BCUT2D eigenvalue weighted by Gasteiger charge is 2.28. The number of rotatable bonds is 5. The molecule has 0 atom stereocenters. The topological polar surface area (TPSA) is 105 Å². The molecule has 33 heavy (non-hydrogen) atoms. The first-order valence-electron chi connectivity index (χ1n) is 10.7. The Hall–Kier alpha value is -3.46.